The van der Waals surface area contributed by atoms with E-state index in [9.17, 15) is 0 Å². The largest absolute Gasteiger partial charge is 0.494 e. The third kappa shape index (κ3) is 7.02. The predicted octanol–water partition coefficient (Wildman–Crippen LogP) is 2.96. The summed E-state index contributed by atoms with van der Waals surface area (Å²) >= 11 is 0. The van der Waals surface area contributed by atoms with E-state index in [2.05, 4.69) is 40.7 Å². The van der Waals surface area contributed by atoms with Crippen molar-refractivity contribution in [3.63, 3.8) is 0 Å². The van der Waals surface area contributed by atoms with Gasteiger partial charge in [0.2, 0.25) is 0 Å². The van der Waals surface area contributed by atoms with E-state index in [1.165, 1.54) is 18.4 Å². The molecule has 1 aromatic rings. The van der Waals surface area contributed by atoms with E-state index in [0.29, 0.717) is 6.04 Å². The molecule has 0 unspecified atom stereocenters. The monoisotopic (exact) mass is 403 g/mol. The molecule has 1 saturated carbocycles. The van der Waals surface area contributed by atoms with Crippen LogP contribution in [-0.2, 0) is 6.42 Å². The first kappa shape index (κ1) is 18.1. The van der Waals surface area contributed by atoms with E-state index < -0.39 is 0 Å². The van der Waals surface area contributed by atoms with Gasteiger partial charge in [-0.1, -0.05) is 19.1 Å². The molecule has 0 bridgehead atoms. The van der Waals surface area contributed by atoms with Crippen LogP contribution in [0.4, 0.5) is 0 Å². The lowest BCUT2D eigenvalue weighted by Crippen LogP contribution is -2.39. The highest BCUT2D eigenvalue weighted by atomic mass is 127. The standard InChI is InChI=1S/C16H25N3O.HI/c1-3-11-20-15-6-4-5-13(12-15)9-10-18-16(17-2)19-14-7-8-14;/h4-6,12,14H,3,7-11H2,1-2H3,(H2,17,18,19);1H. The summed E-state index contributed by atoms with van der Waals surface area (Å²) in [5, 5.41) is 6.73. The fraction of sp³-hybridized carbons (Fsp3) is 0.562. The lowest BCUT2D eigenvalue weighted by atomic mass is 10.1. The fourth-order valence-corrected chi connectivity index (χ4v) is 1.95. The lowest BCUT2D eigenvalue weighted by molar-refractivity contribution is 0.317. The smallest absolute Gasteiger partial charge is 0.191 e. The number of hydrogen-bond donors (Lipinski definition) is 2. The van der Waals surface area contributed by atoms with Gasteiger partial charge < -0.3 is 15.4 Å². The number of nitrogens with one attached hydrogen (secondary N) is 2. The Kier molecular flexibility index (Phi) is 8.49. The lowest BCUT2D eigenvalue weighted by Gasteiger charge is -2.11. The molecule has 0 saturated heterocycles. The van der Waals surface area contributed by atoms with Crippen LogP contribution in [0.5, 0.6) is 5.75 Å². The summed E-state index contributed by atoms with van der Waals surface area (Å²) in [4.78, 5) is 4.23. The van der Waals surface area contributed by atoms with Crippen LogP contribution in [-0.4, -0.2) is 32.2 Å². The molecule has 5 heteroatoms. The normalized spacial score (nSPS) is 14.3. The van der Waals surface area contributed by atoms with E-state index in [4.69, 9.17) is 4.74 Å². The summed E-state index contributed by atoms with van der Waals surface area (Å²) in [5.74, 6) is 1.87. The molecule has 0 amide bonds. The molecule has 0 radical (unpaired) electrons. The zero-order valence-electron chi connectivity index (χ0n) is 12.9. The highest BCUT2D eigenvalue weighted by molar-refractivity contribution is 14.0. The molecule has 1 fully saturated rings. The van der Waals surface area contributed by atoms with Crippen molar-refractivity contribution in [1.29, 1.82) is 0 Å². The SMILES string of the molecule is CCCOc1cccc(CCNC(=NC)NC2CC2)c1.I. The molecule has 118 valence electrons. The second-order valence-electron chi connectivity index (χ2n) is 5.16. The van der Waals surface area contributed by atoms with Gasteiger partial charge in [-0.25, -0.2) is 0 Å². The van der Waals surface area contributed by atoms with Crippen LogP contribution < -0.4 is 15.4 Å². The maximum Gasteiger partial charge on any atom is 0.191 e. The quantitative estimate of drug-likeness (QED) is 0.418. The minimum Gasteiger partial charge on any atom is -0.494 e. The Morgan fingerprint density at radius 1 is 1.38 bits per heavy atom. The zero-order valence-corrected chi connectivity index (χ0v) is 15.2. The van der Waals surface area contributed by atoms with E-state index in [-0.39, 0.29) is 24.0 Å². The van der Waals surface area contributed by atoms with E-state index in [1.54, 1.807) is 0 Å². The van der Waals surface area contributed by atoms with Crippen LogP contribution in [0, 0.1) is 0 Å². The molecule has 1 aliphatic carbocycles. The molecule has 0 atom stereocenters. The third-order valence-corrected chi connectivity index (χ3v) is 3.22. The van der Waals surface area contributed by atoms with Gasteiger partial charge in [-0.15, -0.1) is 24.0 Å². The molecule has 4 nitrogen and oxygen atoms in total. The van der Waals surface area contributed by atoms with Gasteiger partial charge in [0.15, 0.2) is 5.96 Å². The first-order valence-electron chi connectivity index (χ1n) is 7.50. The molecular weight excluding hydrogens is 377 g/mol. The van der Waals surface area contributed by atoms with Gasteiger partial charge in [-0.3, -0.25) is 4.99 Å². The summed E-state index contributed by atoms with van der Waals surface area (Å²) in [6.07, 6.45) is 4.53. The Balaban J connectivity index is 0.00000220. The second-order valence-corrected chi connectivity index (χ2v) is 5.16. The van der Waals surface area contributed by atoms with Crippen LogP contribution in [0.2, 0.25) is 0 Å². The fourth-order valence-electron chi connectivity index (χ4n) is 1.95. The maximum absolute atomic E-state index is 5.65. The number of aliphatic imine (C=N–C) groups is 1. The zero-order chi connectivity index (χ0) is 14.2. The molecule has 0 aromatic heterocycles. The van der Waals surface area contributed by atoms with E-state index in [1.807, 2.05) is 13.1 Å². The Morgan fingerprint density at radius 2 is 2.19 bits per heavy atom. The Morgan fingerprint density at radius 3 is 2.86 bits per heavy atom. The summed E-state index contributed by atoms with van der Waals surface area (Å²) in [6, 6.07) is 8.95. The highest BCUT2D eigenvalue weighted by Gasteiger charge is 2.21. The van der Waals surface area contributed by atoms with Gasteiger partial charge in [-0.2, -0.15) is 0 Å². The number of rotatable bonds is 7. The number of ether oxygens (including phenoxy) is 1. The first-order valence-corrected chi connectivity index (χ1v) is 7.50. The van der Waals surface area contributed by atoms with Gasteiger partial charge >= 0.3 is 0 Å². The van der Waals surface area contributed by atoms with Crippen molar-refractivity contribution in [2.45, 2.75) is 38.6 Å². The predicted molar refractivity (Wildman–Crippen MR) is 98.9 cm³/mol. The Labute approximate surface area is 144 Å². The second kappa shape index (κ2) is 9.87. The molecule has 0 heterocycles. The number of guanidine groups is 1. The Hall–Kier alpha value is -0.980. The van der Waals surface area contributed by atoms with Crippen LogP contribution in [0.25, 0.3) is 0 Å². The summed E-state index contributed by atoms with van der Waals surface area (Å²) in [6.45, 7) is 3.77. The van der Waals surface area contributed by atoms with Gasteiger partial charge in [0.25, 0.3) is 0 Å². The van der Waals surface area contributed by atoms with Crippen molar-refractivity contribution in [2.75, 3.05) is 20.2 Å². The minimum atomic E-state index is 0. The molecule has 0 spiro atoms. The average molecular weight is 403 g/mol. The van der Waals surface area contributed by atoms with Gasteiger partial charge in [0.05, 0.1) is 6.61 Å². The number of benzene rings is 1. The molecule has 0 aliphatic heterocycles. The van der Waals surface area contributed by atoms with Crippen LogP contribution in [0.15, 0.2) is 29.3 Å². The number of hydrogen-bond acceptors (Lipinski definition) is 2. The highest BCUT2D eigenvalue weighted by Crippen LogP contribution is 2.18. The minimum absolute atomic E-state index is 0. The molecular formula is C16H26IN3O. The van der Waals surface area contributed by atoms with Crippen LogP contribution in [0.1, 0.15) is 31.7 Å². The van der Waals surface area contributed by atoms with Crippen LogP contribution in [0.3, 0.4) is 0 Å². The van der Waals surface area contributed by atoms with Gasteiger partial charge in [-0.05, 0) is 43.4 Å². The van der Waals surface area contributed by atoms with E-state index >= 15 is 0 Å². The average Bonchev–Trinajstić information content (AvgIpc) is 3.28. The first-order chi connectivity index (χ1) is 9.81. The van der Waals surface area contributed by atoms with Crippen molar-refractivity contribution in [3.05, 3.63) is 29.8 Å². The van der Waals surface area contributed by atoms with Crippen molar-refractivity contribution in [3.8, 4) is 5.75 Å². The van der Waals surface area contributed by atoms with Gasteiger partial charge in [0.1, 0.15) is 5.75 Å². The molecule has 1 aromatic carbocycles. The number of halogens is 1. The van der Waals surface area contributed by atoms with Crippen molar-refractivity contribution >= 4 is 29.9 Å². The van der Waals surface area contributed by atoms with Crippen molar-refractivity contribution in [2.24, 2.45) is 4.99 Å². The summed E-state index contributed by atoms with van der Waals surface area (Å²) < 4.78 is 5.65. The third-order valence-electron chi connectivity index (χ3n) is 3.22. The Bertz CT molecular complexity index is 447. The van der Waals surface area contributed by atoms with E-state index in [0.717, 1.165) is 37.7 Å². The summed E-state index contributed by atoms with van der Waals surface area (Å²) in [7, 11) is 1.82. The van der Waals surface area contributed by atoms with Crippen LogP contribution >= 0.6 is 24.0 Å². The summed E-state index contributed by atoms with van der Waals surface area (Å²) in [5.41, 5.74) is 1.29. The van der Waals surface area contributed by atoms with Gasteiger partial charge in [0, 0.05) is 19.6 Å². The number of nitrogens with zero attached hydrogens (tertiary/aromatic N) is 1. The van der Waals surface area contributed by atoms with Crippen molar-refractivity contribution in [1.82, 2.24) is 10.6 Å². The maximum atomic E-state index is 5.65. The topological polar surface area (TPSA) is 45.6 Å². The molecule has 2 N–H and O–H groups in total. The molecule has 1 aliphatic rings. The van der Waals surface area contributed by atoms with Crippen molar-refractivity contribution < 1.29 is 4.74 Å². The molecule has 21 heavy (non-hydrogen) atoms. The molecule has 2 rings (SSSR count).